The van der Waals surface area contributed by atoms with Crippen molar-refractivity contribution in [1.29, 1.82) is 0 Å². The van der Waals surface area contributed by atoms with E-state index in [1.165, 1.54) is 17.3 Å². The molecule has 2 aliphatic heterocycles. The van der Waals surface area contributed by atoms with Gasteiger partial charge in [-0.05, 0) is 24.0 Å². The van der Waals surface area contributed by atoms with E-state index in [1.54, 1.807) is 0 Å². The molecule has 0 bridgehead atoms. The molecule has 2 fully saturated rings. The third-order valence-corrected chi connectivity index (χ3v) is 8.24. The lowest BCUT2D eigenvalue weighted by atomic mass is 10.0. The van der Waals surface area contributed by atoms with E-state index in [0.29, 0.717) is 18.7 Å². The summed E-state index contributed by atoms with van der Waals surface area (Å²) in [5.41, 5.74) is 2.45. The fourth-order valence-corrected chi connectivity index (χ4v) is 6.97. The Bertz CT molecular complexity index is 710. The van der Waals surface area contributed by atoms with Crippen LogP contribution < -0.4 is 5.32 Å². The molecule has 2 unspecified atom stereocenters. The second-order valence-corrected chi connectivity index (χ2v) is 10.3. The molecule has 1 amide bonds. The minimum atomic E-state index is -2.88. The average molecular weight is 419 g/mol. The lowest BCUT2D eigenvalue weighted by Crippen LogP contribution is -2.49. The predicted molar refractivity (Wildman–Crippen MR) is 110 cm³/mol. The first kappa shape index (κ1) is 21.5. The van der Waals surface area contributed by atoms with E-state index < -0.39 is 9.84 Å². The largest absolute Gasteiger partial charge is 0.332 e. The minimum Gasteiger partial charge on any atom is -0.332 e. The Morgan fingerprint density at radius 1 is 1.31 bits per heavy atom. The number of piperazine rings is 1. The summed E-state index contributed by atoms with van der Waals surface area (Å²) in [5.74, 6) is 0.956. The van der Waals surface area contributed by atoms with Crippen molar-refractivity contribution in [2.75, 3.05) is 36.9 Å². The van der Waals surface area contributed by atoms with Crippen LogP contribution in [-0.4, -0.2) is 61.4 Å². The van der Waals surface area contributed by atoms with Gasteiger partial charge in [-0.3, -0.25) is 4.79 Å². The van der Waals surface area contributed by atoms with Crippen molar-refractivity contribution in [2.45, 2.75) is 31.1 Å². The van der Waals surface area contributed by atoms with E-state index >= 15 is 0 Å². The van der Waals surface area contributed by atoms with Crippen LogP contribution in [0.15, 0.2) is 24.3 Å². The Labute approximate surface area is 166 Å². The molecule has 3 rings (SSSR count). The van der Waals surface area contributed by atoms with Crippen molar-refractivity contribution in [3.05, 3.63) is 35.4 Å². The molecule has 2 saturated heterocycles. The number of nitrogens with one attached hydrogen (secondary N) is 1. The van der Waals surface area contributed by atoms with Crippen LogP contribution in [0.4, 0.5) is 0 Å². The van der Waals surface area contributed by atoms with E-state index in [0.717, 1.165) is 25.1 Å². The van der Waals surface area contributed by atoms with Crippen LogP contribution in [0.1, 0.15) is 30.5 Å². The molecule has 0 radical (unpaired) electrons. The van der Waals surface area contributed by atoms with Crippen LogP contribution in [0.5, 0.6) is 0 Å². The van der Waals surface area contributed by atoms with E-state index in [-0.39, 0.29) is 41.1 Å². The normalized spacial score (nSPS) is 24.9. The maximum atomic E-state index is 12.8. The molecule has 0 spiro atoms. The minimum absolute atomic E-state index is 0. The standard InChI is InChI=1S/C18H26N2O3S2.ClH/c1-2-14-3-5-15(6-4-14)17-11-19-8-9-20(17)18(21)12-24-16-7-10-25(22,23)13-16;/h3-6,16-17,19H,2,7-13H2,1H3;1H. The lowest BCUT2D eigenvalue weighted by Gasteiger charge is -2.36. The SMILES string of the molecule is CCc1ccc(C2CNCCN2C(=O)CSC2CCS(=O)(=O)C2)cc1.Cl. The maximum absolute atomic E-state index is 12.8. The van der Waals surface area contributed by atoms with Gasteiger partial charge in [-0.15, -0.1) is 24.2 Å². The van der Waals surface area contributed by atoms with Gasteiger partial charge >= 0.3 is 0 Å². The van der Waals surface area contributed by atoms with Gasteiger partial charge in [0, 0.05) is 24.9 Å². The first-order valence-corrected chi connectivity index (χ1v) is 11.8. The van der Waals surface area contributed by atoms with Crippen molar-refractivity contribution in [2.24, 2.45) is 0 Å². The van der Waals surface area contributed by atoms with Crippen molar-refractivity contribution in [3.8, 4) is 0 Å². The van der Waals surface area contributed by atoms with Crippen LogP contribution in [-0.2, 0) is 21.1 Å². The summed E-state index contributed by atoms with van der Waals surface area (Å²) in [6.45, 7) is 4.40. The number of nitrogens with zero attached hydrogens (tertiary/aromatic N) is 1. The number of sulfone groups is 1. The van der Waals surface area contributed by atoms with Gasteiger partial charge in [-0.25, -0.2) is 8.42 Å². The Morgan fingerprint density at radius 2 is 2.04 bits per heavy atom. The Hall–Kier alpha value is -0.760. The second-order valence-electron chi connectivity index (χ2n) is 6.74. The molecule has 8 heteroatoms. The molecular weight excluding hydrogens is 392 g/mol. The molecule has 1 aromatic carbocycles. The molecule has 146 valence electrons. The highest BCUT2D eigenvalue weighted by atomic mass is 35.5. The number of rotatable bonds is 5. The quantitative estimate of drug-likeness (QED) is 0.792. The van der Waals surface area contributed by atoms with Gasteiger partial charge in [0.1, 0.15) is 0 Å². The third-order valence-electron chi connectivity index (χ3n) is 4.97. The lowest BCUT2D eigenvalue weighted by molar-refractivity contribution is -0.131. The number of halogens is 1. The van der Waals surface area contributed by atoms with Gasteiger partial charge in [0.25, 0.3) is 0 Å². The molecular formula is C18H27ClN2O3S2. The van der Waals surface area contributed by atoms with Gasteiger partial charge in [-0.1, -0.05) is 31.2 Å². The average Bonchev–Trinajstić information content (AvgIpc) is 2.98. The molecule has 0 aliphatic carbocycles. The van der Waals surface area contributed by atoms with E-state index in [2.05, 4.69) is 36.5 Å². The highest BCUT2D eigenvalue weighted by Gasteiger charge is 2.31. The van der Waals surface area contributed by atoms with Crippen LogP contribution >= 0.6 is 24.2 Å². The molecule has 2 aliphatic rings. The van der Waals surface area contributed by atoms with Gasteiger partial charge in [0.15, 0.2) is 9.84 Å². The summed E-state index contributed by atoms with van der Waals surface area (Å²) in [4.78, 5) is 14.7. The van der Waals surface area contributed by atoms with Crippen molar-refractivity contribution in [1.82, 2.24) is 10.2 Å². The number of hydrogen-bond acceptors (Lipinski definition) is 5. The Kier molecular flexibility index (Phi) is 7.82. The number of thioether (sulfide) groups is 1. The highest BCUT2D eigenvalue weighted by Crippen LogP contribution is 2.27. The van der Waals surface area contributed by atoms with Gasteiger partial charge < -0.3 is 10.2 Å². The van der Waals surface area contributed by atoms with Gasteiger partial charge in [-0.2, -0.15) is 0 Å². The number of amides is 1. The molecule has 0 aromatic heterocycles. The van der Waals surface area contributed by atoms with E-state index in [9.17, 15) is 13.2 Å². The van der Waals surface area contributed by atoms with Gasteiger partial charge in [0.05, 0.1) is 23.3 Å². The number of hydrogen-bond donors (Lipinski definition) is 1. The number of benzene rings is 1. The van der Waals surface area contributed by atoms with Crippen LogP contribution in [0.2, 0.25) is 0 Å². The summed E-state index contributed by atoms with van der Waals surface area (Å²) in [6.07, 6.45) is 1.68. The van der Waals surface area contributed by atoms with E-state index in [4.69, 9.17) is 0 Å². The van der Waals surface area contributed by atoms with Gasteiger partial charge in [0.2, 0.25) is 5.91 Å². The summed E-state index contributed by atoms with van der Waals surface area (Å²) >= 11 is 1.50. The predicted octanol–water partition coefficient (Wildman–Crippen LogP) is 2.06. The van der Waals surface area contributed by atoms with Crippen LogP contribution in [0.25, 0.3) is 0 Å². The first-order chi connectivity index (χ1) is 12.0. The fraction of sp³-hybridized carbons (Fsp3) is 0.611. The zero-order chi connectivity index (χ0) is 17.9. The molecule has 1 N–H and O–H groups in total. The molecule has 2 heterocycles. The number of carbonyl (C=O) groups is 1. The summed E-state index contributed by atoms with van der Waals surface area (Å²) in [5, 5.41) is 3.44. The molecule has 26 heavy (non-hydrogen) atoms. The van der Waals surface area contributed by atoms with Crippen molar-refractivity contribution in [3.63, 3.8) is 0 Å². The molecule has 1 aromatic rings. The second kappa shape index (κ2) is 9.44. The Balaban J connectivity index is 0.00000243. The summed E-state index contributed by atoms with van der Waals surface area (Å²) < 4.78 is 23.1. The number of aryl methyl sites for hydroxylation is 1. The summed E-state index contributed by atoms with van der Waals surface area (Å²) in [7, 11) is -2.88. The smallest absolute Gasteiger partial charge is 0.233 e. The van der Waals surface area contributed by atoms with Crippen molar-refractivity contribution < 1.29 is 13.2 Å². The fourth-order valence-electron chi connectivity index (χ4n) is 3.44. The third kappa shape index (κ3) is 5.38. The zero-order valence-electron chi connectivity index (χ0n) is 15.0. The van der Waals surface area contributed by atoms with Crippen LogP contribution in [0, 0.1) is 0 Å². The van der Waals surface area contributed by atoms with Crippen molar-refractivity contribution >= 4 is 39.9 Å². The molecule has 0 saturated carbocycles. The monoisotopic (exact) mass is 418 g/mol. The van der Waals surface area contributed by atoms with E-state index in [1.807, 2.05) is 4.90 Å². The molecule has 5 nitrogen and oxygen atoms in total. The zero-order valence-corrected chi connectivity index (χ0v) is 17.5. The summed E-state index contributed by atoms with van der Waals surface area (Å²) in [6, 6.07) is 8.55. The van der Waals surface area contributed by atoms with Crippen LogP contribution in [0.3, 0.4) is 0 Å². The first-order valence-electron chi connectivity index (χ1n) is 8.89. The Morgan fingerprint density at radius 3 is 2.65 bits per heavy atom. The topological polar surface area (TPSA) is 66.5 Å². The molecule has 2 atom stereocenters. The number of carbonyl (C=O) groups excluding carboxylic acids is 1. The maximum Gasteiger partial charge on any atom is 0.233 e. The highest BCUT2D eigenvalue weighted by molar-refractivity contribution is 8.02.